The van der Waals surface area contributed by atoms with Crippen LogP contribution < -0.4 is 0 Å². The zero-order chi connectivity index (χ0) is 14.6. The van der Waals surface area contributed by atoms with Gasteiger partial charge in [0.1, 0.15) is 5.69 Å². The minimum Gasteiger partial charge on any atom is -0.478 e. The maximum Gasteiger partial charge on any atom is 0.433 e. The molecule has 1 aromatic heterocycles. The highest BCUT2D eigenvalue weighted by Gasteiger charge is 2.33. The largest absolute Gasteiger partial charge is 0.478 e. The number of hydrogen-bond donors (Lipinski definition) is 1. The summed E-state index contributed by atoms with van der Waals surface area (Å²) in [6, 6.07) is 1.98. The van der Waals surface area contributed by atoms with Gasteiger partial charge in [-0.25, -0.2) is 9.78 Å². The number of nitrogens with zero attached hydrogens (tertiary/aromatic N) is 1. The number of carboxylic acid groups (broad SMARTS) is 1. The molecule has 1 N–H and O–H groups in total. The Bertz CT molecular complexity index is 507. The summed E-state index contributed by atoms with van der Waals surface area (Å²) in [6.45, 7) is 3.32. The molecule has 0 aromatic carbocycles. The predicted octanol–water partition coefficient (Wildman–Crippen LogP) is 3.54. The molecule has 0 amide bonds. The van der Waals surface area contributed by atoms with Crippen LogP contribution in [-0.2, 0) is 17.4 Å². The van der Waals surface area contributed by atoms with Crippen molar-refractivity contribution in [3.8, 4) is 0 Å². The molecule has 0 saturated heterocycles. The Morgan fingerprint density at radius 3 is 2.47 bits per heavy atom. The van der Waals surface area contributed by atoms with Crippen LogP contribution in [0.5, 0.6) is 0 Å². The van der Waals surface area contributed by atoms with E-state index in [-0.39, 0.29) is 16.8 Å². The number of alkyl halides is 3. The first-order valence-corrected chi connectivity index (χ1v) is 5.78. The zero-order valence-corrected chi connectivity index (χ0v) is 10.6. The number of allylic oxidation sites excluding steroid dienone is 1. The molecular formula is C13H14F3NO2. The van der Waals surface area contributed by atoms with Gasteiger partial charge >= 0.3 is 12.1 Å². The second-order valence-corrected chi connectivity index (χ2v) is 3.95. The summed E-state index contributed by atoms with van der Waals surface area (Å²) >= 11 is 0. The molecule has 1 aromatic rings. The van der Waals surface area contributed by atoms with Gasteiger partial charge in [-0.2, -0.15) is 13.2 Å². The number of aryl methyl sites for hydroxylation is 1. The lowest BCUT2D eigenvalue weighted by Crippen LogP contribution is -2.12. The summed E-state index contributed by atoms with van der Waals surface area (Å²) in [6.07, 6.45) is -2.30. The van der Waals surface area contributed by atoms with Crippen molar-refractivity contribution < 1.29 is 23.1 Å². The van der Waals surface area contributed by atoms with Crippen LogP contribution in [0.1, 0.15) is 37.2 Å². The second-order valence-electron chi connectivity index (χ2n) is 3.95. The third-order valence-electron chi connectivity index (χ3n) is 2.56. The van der Waals surface area contributed by atoms with Gasteiger partial charge in [-0.1, -0.05) is 25.5 Å². The molecule has 0 bridgehead atoms. The van der Waals surface area contributed by atoms with Gasteiger partial charge in [-0.05, 0) is 19.4 Å². The van der Waals surface area contributed by atoms with Crippen LogP contribution in [0, 0.1) is 0 Å². The molecule has 0 radical (unpaired) electrons. The van der Waals surface area contributed by atoms with Crippen molar-refractivity contribution in [1.82, 2.24) is 4.98 Å². The normalized spacial score (nSPS) is 12.6. The summed E-state index contributed by atoms with van der Waals surface area (Å²) in [5.41, 5.74) is -0.636. The van der Waals surface area contributed by atoms with E-state index in [2.05, 4.69) is 4.98 Å². The van der Waals surface area contributed by atoms with Crippen molar-refractivity contribution in [2.24, 2.45) is 0 Å². The fourth-order valence-electron chi connectivity index (χ4n) is 1.73. The molecule has 0 fully saturated rings. The van der Waals surface area contributed by atoms with Crippen LogP contribution in [0.15, 0.2) is 18.2 Å². The smallest absolute Gasteiger partial charge is 0.433 e. The van der Waals surface area contributed by atoms with Gasteiger partial charge < -0.3 is 5.11 Å². The van der Waals surface area contributed by atoms with E-state index in [1.165, 1.54) is 19.1 Å². The lowest BCUT2D eigenvalue weighted by molar-refractivity contribution is -0.141. The van der Waals surface area contributed by atoms with E-state index in [1.54, 1.807) is 6.92 Å². The van der Waals surface area contributed by atoms with E-state index < -0.39 is 17.8 Å². The molecule has 104 valence electrons. The van der Waals surface area contributed by atoms with Gasteiger partial charge in [0, 0.05) is 11.3 Å². The average molecular weight is 273 g/mol. The van der Waals surface area contributed by atoms with Crippen LogP contribution in [0.4, 0.5) is 13.2 Å². The molecule has 6 heteroatoms. The topological polar surface area (TPSA) is 50.2 Å². The van der Waals surface area contributed by atoms with Crippen molar-refractivity contribution in [3.63, 3.8) is 0 Å². The average Bonchev–Trinajstić information content (AvgIpc) is 2.30. The first-order valence-electron chi connectivity index (χ1n) is 5.78. The van der Waals surface area contributed by atoms with Gasteiger partial charge in [0.15, 0.2) is 0 Å². The fraction of sp³-hybridized carbons (Fsp3) is 0.385. The van der Waals surface area contributed by atoms with Gasteiger partial charge in [0.25, 0.3) is 0 Å². The first kappa shape index (κ1) is 15.2. The van der Waals surface area contributed by atoms with Crippen molar-refractivity contribution in [1.29, 1.82) is 0 Å². The second kappa shape index (κ2) is 5.86. The van der Waals surface area contributed by atoms with Crippen molar-refractivity contribution in [2.75, 3.05) is 0 Å². The maximum absolute atomic E-state index is 12.6. The standard InChI is InChI=1S/C13H14F3NO2/c1-3-5-10-9(8(4-2)12(18)19)6-7-11(17-10)13(14,15)16/h4,6-7H,3,5H2,1-2H3,(H,18,19). The van der Waals surface area contributed by atoms with E-state index >= 15 is 0 Å². The van der Waals surface area contributed by atoms with Gasteiger partial charge in [-0.15, -0.1) is 0 Å². The third-order valence-corrected chi connectivity index (χ3v) is 2.56. The molecule has 19 heavy (non-hydrogen) atoms. The quantitative estimate of drug-likeness (QED) is 0.853. The summed E-state index contributed by atoms with van der Waals surface area (Å²) in [5.74, 6) is -1.18. The van der Waals surface area contributed by atoms with Crippen LogP contribution in [0.2, 0.25) is 0 Å². The number of carboxylic acids is 1. The minimum atomic E-state index is -4.53. The molecule has 0 spiro atoms. The maximum atomic E-state index is 12.6. The monoisotopic (exact) mass is 273 g/mol. The number of halogens is 3. The molecule has 0 aliphatic carbocycles. The van der Waals surface area contributed by atoms with Gasteiger partial charge in [0.05, 0.1) is 5.57 Å². The van der Waals surface area contributed by atoms with Crippen molar-refractivity contribution >= 4 is 11.5 Å². The molecule has 3 nitrogen and oxygen atoms in total. The summed E-state index contributed by atoms with van der Waals surface area (Å²) in [5, 5.41) is 9.03. The number of hydrogen-bond acceptors (Lipinski definition) is 2. The zero-order valence-electron chi connectivity index (χ0n) is 10.6. The lowest BCUT2D eigenvalue weighted by Gasteiger charge is -2.12. The Kier molecular flexibility index (Phi) is 4.69. The molecule has 0 atom stereocenters. The fourth-order valence-corrected chi connectivity index (χ4v) is 1.73. The molecule has 1 heterocycles. The molecule has 0 aliphatic heterocycles. The molecule has 1 rings (SSSR count). The Morgan fingerprint density at radius 2 is 2.05 bits per heavy atom. The van der Waals surface area contributed by atoms with Crippen molar-refractivity contribution in [3.05, 3.63) is 35.2 Å². The van der Waals surface area contributed by atoms with E-state index in [9.17, 15) is 18.0 Å². The third kappa shape index (κ3) is 3.56. The predicted molar refractivity (Wildman–Crippen MR) is 64.5 cm³/mol. The number of aromatic nitrogens is 1. The number of carbonyl (C=O) groups is 1. The summed E-state index contributed by atoms with van der Waals surface area (Å²) < 4.78 is 37.8. The highest BCUT2D eigenvalue weighted by molar-refractivity contribution is 6.15. The number of pyridine rings is 1. The van der Waals surface area contributed by atoms with E-state index in [0.717, 1.165) is 6.07 Å². The van der Waals surface area contributed by atoms with E-state index in [4.69, 9.17) is 5.11 Å². The Morgan fingerprint density at radius 1 is 1.42 bits per heavy atom. The van der Waals surface area contributed by atoms with E-state index in [1.807, 2.05) is 0 Å². The van der Waals surface area contributed by atoms with Crippen LogP contribution in [0.25, 0.3) is 5.57 Å². The highest BCUT2D eigenvalue weighted by Crippen LogP contribution is 2.30. The molecule has 0 aliphatic rings. The summed E-state index contributed by atoms with van der Waals surface area (Å²) in [4.78, 5) is 14.6. The molecular weight excluding hydrogens is 259 g/mol. The first-order chi connectivity index (χ1) is 8.81. The van der Waals surface area contributed by atoms with Gasteiger partial charge in [0.2, 0.25) is 0 Å². The Hall–Kier alpha value is -1.85. The Balaban J connectivity index is 3.37. The van der Waals surface area contributed by atoms with E-state index in [0.29, 0.717) is 12.8 Å². The minimum absolute atomic E-state index is 0.0373. The number of rotatable bonds is 4. The lowest BCUT2D eigenvalue weighted by atomic mass is 10.0. The highest BCUT2D eigenvalue weighted by atomic mass is 19.4. The SMILES string of the molecule is CC=C(C(=O)O)c1ccc(C(F)(F)F)nc1CCC. The van der Waals surface area contributed by atoms with Crippen molar-refractivity contribution in [2.45, 2.75) is 32.9 Å². The Labute approximate surface area is 108 Å². The number of aliphatic carboxylic acids is 1. The van der Waals surface area contributed by atoms with Crippen LogP contribution in [-0.4, -0.2) is 16.1 Å². The molecule has 0 saturated carbocycles. The van der Waals surface area contributed by atoms with Crippen LogP contribution >= 0.6 is 0 Å². The summed E-state index contributed by atoms with van der Waals surface area (Å²) in [7, 11) is 0. The van der Waals surface area contributed by atoms with Crippen LogP contribution in [0.3, 0.4) is 0 Å². The van der Waals surface area contributed by atoms with Gasteiger partial charge in [-0.3, -0.25) is 0 Å². The molecule has 0 unspecified atom stereocenters.